The van der Waals surface area contributed by atoms with Gasteiger partial charge in [-0.25, -0.2) is 9.97 Å². The predicted octanol–water partition coefficient (Wildman–Crippen LogP) is 8.48. The molecule has 2 aromatic heterocycles. The van der Waals surface area contributed by atoms with Crippen LogP contribution in [0.5, 0.6) is 0 Å². The van der Waals surface area contributed by atoms with E-state index in [0.29, 0.717) is 6.42 Å². The lowest BCUT2D eigenvalue weighted by Gasteiger charge is -2.37. The van der Waals surface area contributed by atoms with Gasteiger partial charge in [-0.2, -0.15) is 0 Å². The SMILES string of the molecule is CCN(CC)[C@@H](C(=O)N1CCC[C@H]1c1ncc(-c2ccc(-c3ccc(-c4cnc([C@@H]5CCCN5C(=O)CCC5=CC=NCC5)[nH]4)cc3)cc2)[nH]1)C1C=CC=CC1. The van der Waals surface area contributed by atoms with Crippen molar-refractivity contribution in [2.45, 2.75) is 83.3 Å². The summed E-state index contributed by atoms with van der Waals surface area (Å²) in [5.41, 5.74) is 7.60. The maximum absolute atomic E-state index is 14.3. The highest BCUT2D eigenvalue weighted by molar-refractivity contribution is 5.83. The van der Waals surface area contributed by atoms with Crippen molar-refractivity contribution in [1.82, 2.24) is 34.6 Å². The number of aliphatic imine (C=N–C) groups is 1. The van der Waals surface area contributed by atoms with Gasteiger partial charge in [0.2, 0.25) is 11.8 Å². The molecule has 290 valence electrons. The Morgan fingerprint density at radius 3 is 1.95 bits per heavy atom. The third kappa shape index (κ3) is 7.98. The van der Waals surface area contributed by atoms with Crippen molar-refractivity contribution in [3.8, 4) is 33.6 Å². The van der Waals surface area contributed by atoms with Crippen LogP contribution in [0.4, 0.5) is 0 Å². The Bertz CT molecular complexity index is 2100. The number of hydrogen-bond acceptors (Lipinski definition) is 6. The second-order valence-corrected chi connectivity index (χ2v) is 15.5. The number of aromatic amines is 2. The van der Waals surface area contributed by atoms with Crippen LogP contribution in [0.25, 0.3) is 33.6 Å². The number of allylic oxidation sites excluding steroid dienone is 4. The van der Waals surface area contributed by atoms with Crippen LogP contribution in [0.2, 0.25) is 0 Å². The van der Waals surface area contributed by atoms with E-state index in [9.17, 15) is 9.59 Å². The summed E-state index contributed by atoms with van der Waals surface area (Å²) in [5, 5.41) is 0. The van der Waals surface area contributed by atoms with Crippen molar-refractivity contribution in [2.24, 2.45) is 10.9 Å². The number of amides is 2. The summed E-state index contributed by atoms with van der Waals surface area (Å²) < 4.78 is 0. The van der Waals surface area contributed by atoms with Gasteiger partial charge < -0.3 is 19.8 Å². The van der Waals surface area contributed by atoms with E-state index in [-0.39, 0.29) is 35.9 Å². The molecule has 3 aliphatic heterocycles. The van der Waals surface area contributed by atoms with Crippen LogP contribution < -0.4 is 0 Å². The number of likely N-dealkylation sites (tertiary alicyclic amines) is 2. The number of H-pyrrole nitrogens is 2. The Morgan fingerprint density at radius 2 is 1.39 bits per heavy atom. The van der Waals surface area contributed by atoms with Crippen molar-refractivity contribution in [1.29, 1.82) is 0 Å². The Kier molecular flexibility index (Phi) is 11.5. The number of imidazole rings is 2. The van der Waals surface area contributed by atoms with Gasteiger partial charge in [-0.3, -0.25) is 19.5 Å². The molecular formula is C46H54N8O2. The Balaban J connectivity index is 0.905. The minimum absolute atomic E-state index is 0.00634. The van der Waals surface area contributed by atoms with Crippen LogP contribution in [0.3, 0.4) is 0 Å². The van der Waals surface area contributed by atoms with Gasteiger partial charge in [-0.05, 0) is 86.4 Å². The number of nitrogens with zero attached hydrogens (tertiary/aromatic N) is 6. The molecule has 4 atom stereocenters. The Morgan fingerprint density at radius 1 is 0.804 bits per heavy atom. The van der Waals surface area contributed by atoms with Gasteiger partial charge in [-0.1, -0.05) is 92.3 Å². The lowest BCUT2D eigenvalue weighted by molar-refractivity contribution is -0.139. The molecule has 2 N–H and O–H groups in total. The number of rotatable bonds is 13. The Labute approximate surface area is 330 Å². The number of benzene rings is 2. The standard InChI is InChI=1S/C46H54N8O2/c1-3-52(4-2)43(37-10-6-5-7-11-37)46(56)54-29-9-13-41(54)45-49-31-39(51-45)36-21-17-34(18-22-36)33-15-19-35(20-16-33)38-30-48-44(50-38)40-12-8-28-53(40)42(55)23-14-32-24-26-47-27-25-32/h5-7,10,15-22,24,26,30-31,37,40-41,43H,3-4,8-9,11-14,23,25,27-29H2,1-2H3,(H,48,50)(H,49,51)/t37?,40-,41-,43+/m0/s1. The first-order chi connectivity index (χ1) is 27.5. The molecule has 8 rings (SSSR count). The van der Waals surface area contributed by atoms with E-state index < -0.39 is 0 Å². The molecule has 4 aromatic rings. The van der Waals surface area contributed by atoms with Crippen LogP contribution in [0.1, 0.15) is 88.9 Å². The van der Waals surface area contributed by atoms with Crippen LogP contribution in [0.15, 0.2) is 102 Å². The van der Waals surface area contributed by atoms with E-state index in [1.165, 1.54) is 5.57 Å². The molecule has 10 heteroatoms. The van der Waals surface area contributed by atoms with Gasteiger partial charge in [0.25, 0.3) is 0 Å². The largest absolute Gasteiger partial charge is 0.340 e. The number of likely N-dealkylation sites (N-methyl/N-ethyl adjacent to an activating group) is 1. The maximum atomic E-state index is 14.3. The first-order valence-electron chi connectivity index (χ1n) is 20.7. The highest BCUT2D eigenvalue weighted by Gasteiger charge is 2.40. The molecule has 2 aromatic carbocycles. The maximum Gasteiger partial charge on any atom is 0.241 e. The summed E-state index contributed by atoms with van der Waals surface area (Å²) in [6.07, 6.45) is 23.2. The molecule has 4 aliphatic rings. The van der Waals surface area contributed by atoms with E-state index in [0.717, 1.165) is 123 Å². The van der Waals surface area contributed by atoms with Crippen LogP contribution >= 0.6 is 0 Å². The van der Waals surface area contributed by atoms with Gasteiger partial charge in [0.05, 0.1) is 41.9 Å². The molecule has 0 bridgehead atoms. The summed E-state index contributed by atoms with van der Waals surface area (Å²) in [4.78, 5) is 54.8. The predicted molar refractivity (Wildman–Crippen MR) is 223 cm³/mol. The number of nitrogens with one attached hydrogen (secondary N) is 2. The molecule has 2 fully saturated rings. The summed E-state index contributed by atoms with van der Waals surface area (Å²) in [6.45, 7) is 8.34. The zero-order chi connectivity index (χ0) is 38.4. The van der Waals surface area contributed by atoms with Crippen LogP contribution in [-0.2, 0) is 9.59 Å². The van der Waals surface area contributed by atoms with Crippen LogP contribution in [0, 0.1) is 5.92 Å². The second kappa shape index (κ2) is 17.2. The molecule has 5 heterocycles. The molecule has 1 aliphatic carbocycles. The number of carbonyl (C=O) groups is 2. The molecule has 2 saturated heterocycles. The first-order valence-corrected chi connectivity index (χ1v) is 20.7. The molecule has 0 radical (unpaired) electrons. The van der Waals surface area contributed by atoms with Gasteiger partial charge >= 0.3 is 0 Å². The van der Waals surface area contributed by atoms with Gasteiger partial charge in [-0.15, -0.1) is 0 Å². The fourth-order valence-electron chi connectivity index (χ4n) is 9.03. The monoisotopic (exact) mass is 750 g/mol. The summed E-state index contributed by atoms with van der Waals surface area (Å²) in [7, 11) is 0. The number of dihydropyridines is 1. The average molecular weight is 751 g/mol. The number of carbonyl (C=O) groups excluding carboxylic acids is 2. The fraction of sp³-hybridized carbons (Fsp3) is 0.413. The topological polar surface area (TPSA) is 114 Å². The molecule has 10 nitrogen and oxygen atoms in total. The second-order valence-electron chi connectivity index (χ2n) is 15.5. The van der Waals surface area contributed by atoms with E-state index in [1.54, 1.807) is 0 Å². The first kappa shape index (κ1) is 37.6. The smallest absolute Gasteiger partial charge is 0.241 e. The summed E-state index contributed by atoms with van der Waals surface area (Å²) in [5.74, 6) is 2.32. The molecule has 1 unspecified atom stereocenters. The van der Waals surface area contributed by atoms with Gasteiger partial charge in [0.15, 0.2) is 0 Å². The normalized spacial score (nSPS) is 21.3. The summed E-state index contributed by atoms with van der Waals surface area (Å²) in [6, 6.07) is 16.9. The van der Waals surface area contributed by atoms with Crippen molar-refractivity contribution in [3.05, 3.63) is 109 Å². The molecular weight excluding hydrogens is 697 g/mol. The van der Waals surface area contributed by atoms with Crippen molar-refractivity contribution in [2.75, 3.05) is 32.7 Å². The van der Waals surface area contributed by atoms with E-state index >= 15 is 0 Å². The van der Waals surface area contributed by atoms with Crippen molar-refractivity contribution >= 4 is 18.0 Å². The number of hydrogen-bond donors (Lipinski definition) is 2. The zero-order valence-corrected chi connectivity index (χ0v) is 32.7. The van der Waals surface area contributed by atoms with Gasteiger partial charge in [0, 0.05) is 38.2 Å². The minimum Gasteiger partial charge on any atom is -0.340 e. The van der Waals surface area contributed by atoms with Crippen LogP contribution in [-0.4, -0.2) is 91.4 Å². The van der Waals surface area contributed by atoms with E-state index in [2.05, 4.69) is 118 Å². The Hall–Kier alpha value is -5.35. The lowest BCUT2D eigenvalue weighted by Crippen LogP contribution is -2.52. The highest BCUT2D eigenvalue weighted by atomic mass is 16.2. The quantitative estimate of drug-likeness (QED) is 0.142. The highest BCUT2D eigenvalue weighted by Crippen LogP contribution is 2.36. The summed E-state index contributed by atoms with van der Waals surface area (Å²) >= 11 is 0. The molecule has 0 saturated carbocycles. The zero-order valence-electron chi connectivity index (χ0n) is 32.7. The van der Waals surface area contributed by atoms with E-state index in [4.69, 9.17) is 9.97 Å². The fourth-order valence-corrected chi connectivity index (χ4v) is 9.03. The van der Waals surface area contributed by atoms with Crippen molar-refractivity contribution in [3.63, 3.8) is 0 Å². The minimum atomic E-state index is -0.171. The third-order valence-electron chi connectivity index (χ3n) is 12.2. The molecule has 2 amide bonds. The van der Waals surface area contributed by atoms with E-state index in [1.807, 2.05) is 23.5 Å². The third-order valence-corrected chi connectivity index (χ3v) is 12.2. The molecule has 56 heavy (non-hydrogen) atoms. The lowest BCUT2D eigenvalue weighted by atomic mass is 9.90. The average Bonchev–Trinajstić information content (AvgIpc) is 4.10. The molecule has 0 spiro atoms. The van der Waals surface area contributed by atoms with Gasteiger partial charge in [0.1, 0.15) is 11.6 Å². The number of aromatic nitrogens is 4. The van der Waals surface area contributed by atoms with Crippen molar-refractivity contribution < 1.29 is 9.59 Å².